The number of hydrogen-bond acceptors (Lipinski definition) is 6. The number of anilines is 1. The predicted molar refractivity (Wildman–Crippen MR) is 144 cm³/mol. The molecule has 1 atom stereocenters. The molecule has 2 amide bonds. The number of carbonyl (C=O) groups excluding carboxylic acids is 2. The van der Waals surface area contributed by atoms with Crippen LogP contribution in [0.5, 0.6) is 0 Å². The molecule has 206 valence electrons. The summed E-state index contributed by atoms with van der Waals surface area (Å²) >= 11 is 0. The maximum Gasteiger partial charge on any atom is 0.271 e. The van der Waals surface area contributed by atoms with Crippen molar-refractivity contribution in [1.82, 2.24) is 10.2 Å². The lowest BCUT2D eigenvalue weighted by Crippen LogP contribution is -2.51. The molecule has 0 aromatic heterocycles. The van der Waals surface area contributed by atoms with Gasteiger partial charge in [0.05, 0.1) is 15.5 Å². The third-order valence-corrected chi connectivity index (χ3v) is 7.74. The lowest BCUT2D eigenvalue weighted by molar-refractivity contribution is -0.384. The summed E-state index contributed by atoms with van der Waals surface area (Å²) < 4.78 is 42.6. The number of nitro benzene ring substituents is 1. The number of nitrogens with zero attached hydrogens (tertiary/aromatic N) is 3. The molecule has 3 aromatic rings. The van der Waals surface area contributed by atoms with Crippen molar-refractivity contribution < 1.29 is 27.3 Å². The zero-order valence-electron chi connectivity index (χ0n) is 21.5. The molecular weight excluding hydrogens is 527 g/mol. The summed E-state index contributed by atoms with van der Waals surface area (Å²) in [7, 11) is -4.38. The van der Waals surface area contributed by atoms with Crippen LogP contribution in [0, 0.1) is 15.9 Å². The highest BCUT2D eigenvalue weighted by Crippen LogP contribution is 2.27. The molecule has 0 radical (unpaired) electrons. The number of non-ortho nitro benzene ring substituents is 1. The molecule has 3 rings (SSSR count). The smallest absolute Gasteiger partial charge is 0.271 e. The van der Waals surface area contributed by atoms with E-state index in [9.17, 15) is 32.5 Å². The van der Waals surface area contributed by atoms with Gasteiger partial charge in [0.15, 0.2) is 0 Å². The molecular formula is C27H29FN4O6S. The van der Waals surface area contributed by atoms with E-state index in [1.807, 2.05) is 6.92 Å². The first-order chi connectivity index (χ1) is 18.6. The van der Waals surface area contributed by atoms with Crippen LogP contribution in [-0.4, -0.2) is 49.2 Å². The van der Waals surface area contributed by atoms with Gasteiger partial charge in [0.1, 0.15) is 18.4 Å². The fourth-order valence-corrected chi connectivity index (χ4v) is 5.23. The molecule has 10 nitrogen and oxygen atoms in total. The van der Waals surface area contributed by atoms with Crippen LogP contribution < -0.4 is 9.62 Å². The molecule has 0 bridgehead atoms. The van der Waals surface area contributed by atoms with Crippen molar-refractivity contribution in [3.05, 3.63) is 100 Å². The first-order valence-electron chi connectivity index (χ1n) is 12.2. The number of hydrogen-bond donors (Lipinski definition) is 1. The Balaban J connectivity index is 2.06. The highest BCUT2D eigenvalue weighted by Gasteiger charge is 2.33. The predicted octanol–water partition coefficient (Wildman–Crippen LogP) is 3.87. The number of sulfonamides is 1. The molecule has 39 heavy (non-hydrogen) atoms. The number of carbonyl (C=O) groups is 2. The van der Waals surface area contributed by atoms with Crippen LogP contribution in [0.25, 0.3) is 0 Å². The number of benzene rings is 3. The van der Waals surface area contributed by atoms with Gasteiger partial charge in [-0.25, -0.2) is 12.8 Å². The molecule has 0 aliphatic carbocycles. The van der Waals surface area contributed by atoms with Gasteiger partial charge in [0.25, 0.3) is 15.7 Å². The maximum absolute atomic E-state index is 14.5. The minimum Gasteiger partial charge on any atom is -0.354 e. The van der Waals surface area contributed by atoms with Gasteiger partial charge in [0, 0.05) is 30.8 Å². The largest absolute Gasteiger partial charge is 0.354 e. The topological polar surface area (TPSA) is 130 Å². The first kappa shape index (κ1) is 29.2. The number of amides is 2. The van der Waals surface area contributed by atoms with Gasteiger partial charge in [-0.1, -0.05) is 49.4 Å². The zero-order chi connectivity index (χ0) is 28.6. The summed E-state index contributed by atoms with van der Waals surface area (Å²) in [6, 6.07) is 16.9. The SMILES string of the molecule is CCCNC(=O)[C@H](C)N(Cc1ccccc1F)C(=O)CN(c1cccc([N+](=O)[O-])c1)S(=O)(=O)c1ccccc1. The monoisotopic (exact) mass is 556 g/mol. The Morgan fingerprint density at radius 3 is 2.33 bits per heavy atom. The van der Waals surface area contributed by atoms with E-state index in [-0.39, 0.29) is 28.4 Å². The molecule has 0 aliphatic heterocycles. The Labute approximate surface area is 226 Å². The summed E-state index contributed by atoms with van der Waals surface area (Å²) in [5.41, 5.74) is -0.354. The van der Waals surface area contributed by atoms with Gasteiger partial charge >= 0.3 is 0 Å². The fourth-order valence-electron chi connectivity index (χ4n) is 3.80. The summed E-state index contributed by atoms with van der Waals surface area (Å²) in [6.45, 7) is 2.58. The fraction of sp³-hybridized carbons (Fsp3) is 0.259. The summed E-state index contributed by atoms with van der Waals surface area (Å²) in [4.78, 5) is 38.2. The van der Waals surface area contributed by atoms with Crippen LogP contribution in [0.4, 0.5) is 15.8 Å². The van der Waals surface area contributed by atoms with Crippen molar-refractivity contribution in [2.45, 2.75) is 37.8 Å². The Kier molecular flexibility index (Phi) is 9.72. The number of nitrogens with one attached hydrogen (secondary N) is 1. The Bertz CT molecular complexity index is 1430. The van der Waals surface area contributed by atoms with Crippen LogP contribution >= 0.6 is 0 Å². The van der Waals surface area contributed by atoms with Crippen molar-refractivity contribution in [3.8, 4) is 0 Å². The molecule has 1 N–H and O–H groups in total. The maximum atomic E-state index is 14.5. The van der Waals surface area contributed by atoms with Crippen LogP contribution in [0.2, 0.25) is 0 Å². The minimum absolute atomic E-state index is 0.115. The van der Waals surface area contributed by atoms with E-state index in [0.29, 0.717) is 13.0 Å². The molecule has 0 unspecified atom stereocenters. The molecule has 0 aliphatic rings. The van der Waals surface area contributed by atoms with Gasteiger partial charge in [-0.2, -0.15) is 0 Å². The van der Waals surface area contributed by atoms with Gasteiger partial charge in [0.2, 0.25) is 11.8 Å². The van der Waals surface area contributed by atoms with Crippen molar-refractivity contribution in [3.63, 3.8) is 0 Å². The van der Waals surface area contributed by atoms with Crippen LogP contribution in [0.15, 0.2) is 83.8 Å². The van der Waals surface area contributed by atoms with Crippen LogP contribution in [0.3, 0.4) is 0 Å². The van der Waals surface area contributed by atoms with Gasteiger partial charge in [-0.3, -0.25) is 24.0 Å². The van der Waals surface area contributed by atoms with E-state index in [4.69, 9.17) is 0 Å². The van der Waals surface area contributed by atoms with Gasteiger partial charge in [-0.15, -0.1) is 0 Å². The third kappa shape index (κ3) is 7.17. The lowest BCUT2D eigenvalue weighted by atomic mass is 10.1. The van der Waals surface area contributed by atoms with E-state index in [1.54, 1.807) is 12.1 Å². The summed E-state index contributed by atoms with van der Waals surface area (Å²) in [5, 5.41) is 14.1. The first-order valence-corrected chi connectivity index (χ1v) is 13.6. The van der Waals surface area contributed by atoms with Crippen molar-refractivity contribution in [2.75, 3.05) is 17.4 Å². The standard InChI is InChI=1S/C27H29FN4O6S/c1-3-16-29-27(34)20(2)30(18-21-10-7-8-15-25(21)28)26(33)19-31(22-11-9-12-23(17-22)32(35)36)39(37,38)24-13-5-4-6-14-24/h4-15,17,20H,3,16,18-19H2,1-2H3,(H,29,34)/t20-/m0/s1. The second kappa shape index (κ2) is 13.0. The molecule has 0 spiro atoms. The second-order valence-electron chi connectivity index (χ2n) is 8.68. The van der Waals surface area contributed by atoms with E-state index in [2.05, 4.69) is 5.32 Å². The van der Waals surface area contributed by atoms with Crippen LogP contribution in [0.1, 0.15) is 25.8 Å². The molecule has 0 saturated heterocycles. The van der Waals surface area contributed by atoms with Crippen molar-refractivity contribution >= 4 is 33.2 Å². The van der Waals surface area contributed by atoms with Crippen LogP contribution in [-0.2, 0) is 26.2 Å². The quantitative estimate of drug-likeness (QED) is 0.266. The minimum atomic E-state index is -4.38. The van der Waals surface area contributed by atoms with Crippen molar-refractivity contribution in [1.29, 1.82) is 0 Å². The molecule has 3 aromatic carbocycles. The number of rotatable bonds is 12. The lowest BCUT2D eigenvalue weighted by Gasteiger charge is -2.32. The van der Waals surface area contributed by atoms with E-state index >= 15 is 0 Å². The highest BCUT2D eigenvalue weighted by molar-refractivity contribution is 7.92. The Morgan fingerprint density at radius 2 is 1.69 bits per heavy atom. The van der Waals surface area contributed by atoms with Gasteiger partial charge in [-0.05, 0) is 37.6 Å². The Hall–Kier alpha value is -4.32. The second-order valence-corrected chi connectivity index (χ2v) is 10.5. The molecule has 12 heteroatoms. The summed E-state index contributed by atoms with van der Waals surface area (Å²) in [6.07, 6.45) is 0.648. The summed E-state index contributed by atoms with van der Waals surface area (Å²) in [5.74, 6) is -1.89. The van der Waals surface area contributed by atoms with Crippen molar-refractivity contribution in [2.24, 2.45) is 0 Å². The number of nitro groups is 1. The van der Waals surface area contributed by atoms with E-state index in [0.717, 1.165) is 15.3 Å². The number of halogens is 1. The van der Waals surface area contributed by atoms with Gasteiger partial charge < -0.3 is 10.2 Å². The molecule has 0 saturated carbocycles. The average Bonchev–Trinajstić information content (AvgIpc) is 2.94. The zero-order valence-corrected chi connectivity index (χ0v) is 22.3. The third-order valence-electron chi connectivity index (χ3n) is 5.95. The average molecular weight is 557 g/mol. The Morgan fingerprint density at radius 1 is 1.03 bits per heavy atom. The van der Waals surface area contributed by atoms with E-state index < -0.39 is 45.2 Å². The molecule has 0 fully saturated rings. The normalized spacial score (nSPS) is 11.9. The highest BCUT2D eigenvalue weighted by atomic mass is 32.2. The molecule has 0 heterocycles. The van der Waals surface area contributed by atoms with E-state index in [1.165, 1.54) is 67.6 Å².